The lowest BCUT2D eigenvalue weighted by Crippen LogP contribution is -2.28. The number of aryl methyl sites for hydroxylation is 1. The van der Waals surface area contributed by atoms with E-state index in [9.17, 15) is 9.59 Å². The van der Waals surface area contributed by atoms with Gasteiger partial charge in [0.05, 0.1) is 18.2 Å². The van der Waals surface area contributed by atoms with Gasteiger partial charge in [0.15, 0.2) is 0 Å². The summed E-state index contributed by atoms with van der Waals surface area (Å²) in [5.74, 6) is 0.604. The number of carbonyl (C=O) groups is 2. The maximum Gasteiger partial charge on any atom is 0.249 e. The summed E-state index contributed by atoms with van der Waals surface area (Å²) < 4.78 is 5.17. The number of primary amides is 1. The van der Waals surface area contributed by atoms with Crippen molar-refractivity contribution in [3.05, 3.63) is 71.4 Å². The van der Waals surface area contributed by atoms with Crippen molar-refractivity contribution in [3.63, 3.8) is 0 Å². The number of methoxy groups -OCH3 is 1. The number of rotatable bonds is 6. The predicted octanol–water partition coefficient (Wildman–Crippen LogP) is 3.29. The molecule has 1 aromatic heterocycles. The maximum absolute atomic E-state index is 12.7. The average molecular weight is 403 g/mol. The zero-order chi connectivity index (χ0) is 21.1. The van der Waals surface area contributed by atoms with E-state index >= 15 is 0 Å². The van der Waals surface area contributed by atoms with Gasteiger partial charge in [0.2, 0.25) is 11.8 Å². The second-order valence-corrected chi connectivity index (χ2v) is 7.65. The molecule has 1 atom stereocenters. The first-order chi connectivity index (χ1) is 14.5. The van der Waals surface area contributed by atoms with Crippen LogP contribution in [0.2, 0.25) is 0 Å². The highest BCUT2D eigenvalue weighted by molar-refractivity contribution is 6.05. The van der Waals surface area contributed by atoms with E-state index in [0.717, 1.165) is 34.3 Å². The van der Waals surface area contributed by atoms with E-state index in [-0.39, 0.29) is 11.8 Å². The molecule has 1 aliphatic heterocycles. The number of ether oxygens (including phenoxy) is 1. The fourth-order valence-corrected chi connectivity index (χ4v) is 4.04. The van der Waals surface area contributed by atoms with E-state index in [1.54, 1.807) is 13.2 Å². The molecule has 0 saturated carbocycles. The molecule has 154 valence electrons. The normalized spacial score (nSPS) is 16.0. The number of carbonyl (C=O) groups excluding carboxylic acids is 2. The number of fused-ring (bicyclic) bond motifs is 1. The van der Waals surface area contributed by atoms with Crippen molar-refractivity contribution in [2.75, 3.05) is 20.2 Å². The molecule has 30 heavy (non-hydrogen) atoms. The highest BCUT2D eigenvalue weighted by Crippen LogP contribution is 2.29. The molecule has 6 heteroatoms. The monoisotopic (exact) mass is 403 g/mol. The van der Waals surface area contributed by atoms with Gasteiger partial charge >= 0.3 is 0 Å². The second kappa shape index (κ2) is 8.53. The van der Waals surface area contributed by atoms with Crippen LogP contribution in [0, 0.1) is 0 Å². The summed E-state index contributed by atoms with van der Waals surface area (Å²) in [6.07, 6.45) is 2.00. The average Bonchev–Trinajstić information content (AvgIpc) is 3.27. The van der Waals surface area contributed by atoms with Crippen molar-refractivity contribution < 1.29 is 14.3 Å². The summed E-state index contributed by atoms with van der Waals surface area (Å²) >= 11 is 0. The highest BCUT2D eigenvalue weighted by atomic mass is 16.5. The van der Waals surface area contributed by atoms with Crippen LogP contribution in [0.15, 0.2) is 54.6 Å². The molecule has 1 saturated heterocycles. The molecule has 6 nitrogen and oxygen atoms in total. The Morgan fingerprint density at radius 3 is 2.67 bits per heavy atom. The molecule has 2 N–H and O–H groups in total. The number of likely N-dealkylation sites (tertiary alicyclic amines) is 1. The number of amides is 2. The summed E-state index contributed by atoms with van der Waals surface area (Å²) in [5, 5.41) is 0.763. The first-order valence-electron chi connectivity index (χ1n) is 10.2. The van der Waals surface area contributed by atoms with Gasteiger partial charge < -0.3 is 15.4 Å². The Morgan fingerprint density at radius 1 is 1.17 bits per heavy atom. The minimum absolute atomic E-state index is 0.109. The Hall–Kier alpha value is -3.41. The molecule has 2 amide bonds. The number of aromatic nitrogens is 1. The SMILES string of the molecule is COc1ccc(CCC(=O)N2CCC(c3cc(C(N)=O)c4ccccc4n3)C2)cc1. The van der Waals surface area contributed by atoms with Gasteiger partial charge in [-0.1, -0.05) is 30.3 Å². The maximum atomic E-state index is 12.7. The molecule has 0 aliphatic carbocycles. The van der Waals surface area contributed by atoms with Crippen molar-refractivity contribution >= 4 is 22.7 Å². The molecule has 1 fully saturated rings. The van der Waals surface area contributed by atoms with Crippen LogP contribution < -0.4 is 10.5 Å². The van der Waals surface area contributed by atoms with Gasteiger partial charge in [0.25, 0.3) is 0 Å². The molecule has 1 aliphatic rings. The number of pyridine rings is 1. The summed E-state index contributed by atoms with van der Waals surface area (Å²) in [5.41, 5.74) is 8.78. The third-order valence-corrected chi connectivity index (χ3v) is 5.75. The Morgan fingerprint density at radius 2 is 1.93 bits per heavy atom. The number of nitrogens with two attached hydrogens (primary N) is 1. The van der Waals surface area contributed by atoms with Crippen LogP contribution >= 0.6 is 0 Å². The summed E-state index contributed by atoms with van der Waals surface area (Å²) in [6, 6.07) is 17.1. The van der Waals surface area contributed by atoms with Crippen LogP contribution in [0.5, 0.6) is 5.75 Å². The van der Waals surface area contributed by atoms with Gasteiger partial charge in [-0.25, -0.2) is 0 Å². The molecular weight excluding hydrogens is 378 g/mol. The fourth-order valence-electron chi connectivity index (χ4n) is 4.04. The Bertz CT molecular complexity index is 1080. The zero-order valence-corrected chi connectivity index (χ0v) is 17.0. The highest BCUT2D eigenvalue weighted by Gasteiger charge is 2.28. The number of hydrogen-bond acceptors (Lipinski definition) is 4. The number of nitrogens with zero attached hydrogens (tertiary/aromatic N) is 2. The quantitative estimate of drug-likeness (QED) is 0.684. The van der Waals surface area contributed by atoms with Crippen LogP contribution in [0.1, 0.15) is 40.4 Å². The van der Waals surface area contributed by atoms with Crippen LogP contribution in [0.4, 0.5) is 0 Å². The van der Waals surface area contributed by atoms with Crippen molar-refractivity contribution in [1.29, 1.82) is 0 Å². The predicted molar refractivity (Wildman–Crippen MR) is 116 cm³/mol. The Kier molecular flexibility index (Phi) is 5.65. The molecule has 0 bridgehead atoms. The van der Waals surface area contributed by atoms with E-state index < -0.39 is 5.91 Å². The summed E-state index contributed by atoms with van der Waals surface area (Å²) in [6.45, 7) is 1.32. The standard InChI is InChI=1S/C24H25N3O3/c1-30-18-9-6-16(7-10-18)8-11-23(28)27-13-12-17(15-27)22-14-20(24(25)29)19-4-2-3-5-21(19)26-22/h2-7,9-10,14,17H,8,11-13,15H2,1H3,(H2,25,29). The van der Waals surface area contributed by atoms with Crippen molar-refractivity contribution in [2.24, 2.45) is 5.73 Å². The first kappa shape index (κ1) is 19.9. The van der Waals surface area contributed by atoms with Gasteiger partial charge in [-0.05, 0) is 42.7 Å². The molecule has 2 aromatic carbocycles. The van der Waals surface area contributed by atoms with E-state index in [4.69, 9.17) is 15.5 Å². The minimum Gasteiger partial charge on any atom is -0.497 e. The van der Waals surface area contributed by atoms with E-state index in [1.807, 2.05) is 53.4 Å². The lowest BCUT2D eigenvalue weighted by molar-refractivity contribution is -0.130. The first-order valence-corrected chi connectivity index (χ1v) is 10.2. The molecule has 4 rings (SSSR count). The largest absolute Gasteiger partial charge is 0.497 e. The summed E-state index contributed by atoms with van der Waals surface area (Å²) in [4.78, 5) is 31.3. The smallest absolute Gasteiger partial charge is 0.249 e. The van der Waals surface area contributed by atoms with Crippen molar-refractivity contribution in [3.8, 4) is 5.75 Å². The number of para-hydroxylation sites is 1. The zero-order valence-electron chi connectivity index (χ0n) is 17.0. The van der Waals surface area contributed by atoms with Crippen LogP contribution in [-0.4, -0.2) is 41.9 Å². The summed E-state index contributed by atoms with van der Waals surface area (Å²) in [7, 11) is 1.64. The van der Waals surface area contributed by atoms with Crippen molar-refractivity contribution in [1.82, 2.24) is 9.88 Å². The minimum atomic E-state index is -0.458. The van der Waals surface area contributed by atoms with Gasteiger partial charge in [0, 0.05) is 36.5 Å². The Labute approximate surface area is 175 Å². The molecule has 0 radical (unpaired) electrons. The van der Waals surface area contributed by atoms with Crippen molar-refractivity contribution in [2.45, 2.75) is 25.2 Å². The third kappa shape index (κ3) is 4.13. The van der Waals surface area contributed by atoms with Gasteiger partial charge in [0.1, 0.15) is 5.75 Å². The van der Waals surface area contributed by atoms with E-state index in [2.05, 4.69) is 0 Å². The van der Waals surface area contributed by atoms with E-state index in [0.29, 0.717) is 31.5 Å². The van der Waals surface area contributed by atoms with Crippen LogP contribution in [0.25, 0.3) is 10.9 Å². The lowest BCUT2D eigenvalue weighted by atomic mass is 9.99. The lowest BCUT2D eigenvalue weighted by Gasteiger charge is -2.17. The molecule has 0 spiro atoms. The fraction of sp³-hybridized carbons (Fsp3) is 0.292. The second-order valence-electron chi connectivity index (χ2n) is 7.65. The van der Waals surface area contributed by atoms with Gasteiger partial charge in [-0.3, -0.25) is 14.6 Å². The van der Waals surface area contributed by atoms with Crippen LogP contribution in [-0.2, 0) is 11.2 Å². The molecule has 3 aromatic rings. The number of hydrogen-bond donors (Lipinski definition) is 1. The Balaban J connectivity index is 1.43. The number of benzene rings is 2. The molecule has 1 unspecified atom stereocenters. The van der Waals surface area contributed by atoms with Crippen LogP contribution in [0.3, 0.4) is 0 Å². The van der Waals surface area contributed by atoms with Gasteiger partial charge in [-0.2, -0.15) is 0 Å². The topological polar surface area (TPSA) is 85.5 Å². The third-order valence-electron chi connectivity index (χ3n) is 5.75. The van der Waals surface area contributed by atoms with Gasteiger partial charge in [-0.15, -0.1) is 0 Å². The van der Waals surface area contributed by atoms with E-state index in [1.165, 1.54) is 0 Å². The molecule has 2 heterocycles. The molecular formula is C24H25N3O3.